The largest absolute Gasteiger partial charge is 0.465 e. The van der Waals surface area contributed by atoms with Gasteiger partial charge in [-0.25, -0.2) is 4.98 Å². The third-order valence-corrected chi connectivity index (χ3v) is 4.22. The molecule has 4 aromatic rings. The van der Waals surface area contributed by atoms with E-state index in [4.69, 9.17) is 8.83 Å². The minimum absolute atomic E-state index is 0.252. The van der Waals surface area contributed by atoms with Crippen LogP contribution in [0.15, 0.2) is 80.2 Å². The summed E-state index contributed by atoms with van der Waals surface area (Å²) in [5.41, 5.74) is 2.86. The van der Waals surface area contributed by atoms with Crippen LogP contribution in [0.2, 0.25) is 0 Å². The van der Waals surface area contributed by atoms with Crippen LogP contribution in [0.3, 0.4) is 0 Å². The normalized spacial score (nSPS) is 11.3. The highest BCUT2D eigenvalue weighted by Gasteiger charge is 2.09. The smallest absolute Gasteiger partial charge is 0.248 e. The molecule has 2 heterocycles. The molecule has 0 spiro atoms. The predicted molar refractivity (Wildman–Crippen MR) is 104 cm³/mol. The predicted octanol–water partition coefficient (Wildman–Crippen LogP) is 5.50. The Hall–Kier alpha value is -3.12. The number of carbonyl (C=O) groups excluding carboxylic acids is 1. The number of hydrogen-bond donors (Lipinski definition) is 1. The van der Waals surface area contributed by atoms with E-state index in [1.54, 1.807) is 42.7 Å². The monoisotopic (exact) mass is 408 g/mol. The lowest BCUT2D eigenvalue weighted by atomic mass is 10.2. The van der Waals surface area contributed by atoms with E-state index in [-0.39, 0.29) is 5.91 Å². The molecule has 0 aliphatic heterocycles. The number of nitrogens with one attached hydrogen (secondary N) is 1. The first-order chi connectivity index (χ1) is 12.7. The molecule has 1 N–H and O–H groups in total. The van der Waals surface area contributed by atoms with Gasteiger partial charge in [-0.05, 0) is 60.7 Å². The van der Waals surface area contributed by atoms with E-state index in [9.17, 15) is 4.79 Å². The summed E-state index contributed by atoms with van der Waals surface area (Å²) in [6.07, 6.45) is 4.58. The minimum atomic E-state index is -0.252. The molecular weight excluding hydrogens is 396 g/mol. The molecule has 26 heavy (non-hydrogen) atoms. The Morgan fingerprint density at radius 2 is 1.96 bits per heavy atom. The van der Waals surface area contributed by atoms with Crippen molar-refractivity contribution < 1.29 is 13.6 Å². The maximum atomic E-state index is 12.0. The van der Waals surface area contributed by atoms with Crippen molar-refractivity contribution in [1.29, 1.82) is 0 Å². The van der Waals surface area contributed by atoms with E-state index in [2.05, 4.69) is 26.2 Å². The molecule has 1 amide bonds. The van der Waals surface area contributed by atoms with E-state index in [0.717, 1.165) is 10.0 Å². The number of nitrogens with zero attached hydrogens (tertiary/aromatic N) is 1. The number of rotatable bonds is 4. The molecular formula is C20H13BrN2O3. The summed E-state index contributed by atoms with van der Waals surface area (Å²) in [7, 11) is 0. The van der Waals surface area contributed by atoms with Crippen molar-refractivity contribution >= 4 is 44.7 Å². The molecule has 0 unspecified atom stereocenters. The maximum absolute atomic E-state index is 12.0. The Morgan fingerprint density at radius 3 is 2.73 bits per heavy atom. The van der Waals surface area contributed by atoms with Crippen LogP contribution in [0.5, 0.6) is 0 Å². The van der Waals surface area contributed by atoms with Gasteiger partial charge < -0.3 is 14.2 Å². The van der Waals surface area contributed by atoms with Gasteiger partial charge in [0.2, 0.25) is 11.8 Å². The van der Waals surface area contributed by atoms with Crippen molar-refractivity contribution in [2.45, 2.75) is 0 Å². The number of halogens is 1. The fraction of sp³-hybridized carbons (Fsp3) is 0. The van der Waals surface area contributed by atoms with Gasteiger partial charge in [0.05, 0.1) is 6.26 Å². The van der Waals surface area contributed by atoms with Crippen LogP contribution in [-0.4, -0.2) is 10.9 Å². The number of furan rings is 1. The molecule has 6 heteroatoms. The average molecular weight is 409 g/mol. The molecule has 0 saturated carbocycles. The zero-order chi connectivity index (χ0) is 17.9. The van der Waals surface area contributed by atoms with Gasteiger partial charge in [-0.2, -0.15) is 0 Å². The second-order valence-electron chi connectivity index (χ2n) is 5.55. The lowest BCUT2D eigenvalue weighted by Crippen LogP contribution is -2.07. The molecule has 5 nitrogen and oxygen atoms in total. The van der Waals surface area contributed by atoms with Crippen molar-refractivity contribution in [2.75, 3.05) is 5.32 Å². The molecule has 4 rings (SSSR count). The number of carbonyl (C=O) groups is 1. The Morgan fingerprint density at radius 1 is 1.12 bits per heavy atom. The van der Waals surface area contributed by atoms with Crippen LogP contribution in [0.25, 0.3) is 28.6 Å². The van der Waals surface area contributed by atoms with E-state index in [1.807, 2.05) is 24.3 Å². The minimum Gasteiger partial charge on any atom is -0.465 e. The van der Waals surface area contributed by atoms with Gasteiger partial charge in [-0.1, -0.05) is 15.9 Å². The number of hydrogen-bond acceptors (Lipinski definition) is 4. The first-order valence-corrected chi connectivity index (χ1v) is 8.66. The maximum Gasteiger partial charge on any atom is 0.248 e. The second-order valence-corrected chi connectivity index (χ2v) is 6.46. The fourth-order valence-electron chi connectivity index (χ4n) is 2.45. The summed E-state index contributed by atoms with van der Waals surface area (Å²) in [5.74, 6) is 0.900. The summed E-state index contributed by atoms with van der Waals surface area (Å²) in [6, 6.07) is 16.6. The van der Waals surface area contributed by atoms with Gasteiger partial charge in [0.1, 0.15) is 11.3 Å². The van der Waals surface area contributed by atoms with Crippen LogP contribution in [-0.2, 0) is 4.79 Å². The number of oxazole rings is 1. The summed E-state index contributed by atoms with van der Waals surface area (Å²) >= 11 is 3.41. The van der Waals surface area contributed by atoms with Crippen molar-refractivity contribution in [3.8, 4) is 11.5 Å². The summed E-state index contributed by atoms with van der Waals surface area (Å²) < 4.78 is 11.9. The Balaban J connectivity index is 1.53. The molecule has 0 atom stereocenters. The molecule has 0 saturated heterocycles. The van der Waals surface area contributed by atoms with E-state index < -0.39 is 0 Å². The van der Waals surface area contributed by atoms with E-state index in [0.29, 0.717) is 28.4 Å². The molecule has 0 aliphatic carbocycles. The average Bonchev–Trinajstić information content (AvgIpc) is 3.30. The lowest BCUT2D eigenvalue weighted by Gasteiger charge is -2.00. The standard InChI is InChI=1S/C20H13BrN2O3/c21-14-5-3-13(4-6-14)20-23-17-12-15(7-9-18(17)26-20)22-19(24)10-8-16-2-1-11-25-16/h1-12H,(H,22,24). The van der Waals surface area contributed by atoms with Gasteiger partial charge in [0.25, 0.3) is 0 Å². The number of benzene rings is 2. The molecule has 2 aromatic carbocycles. The first-order valence-electron chi connectivity index (χ1n) is 7.86. The van der Waals surface area contributed by atoms with Crippen LogP contribution >= 0.6 is 15.9 Å². The van der Waals surface area contributed by atoms with Crippen LogP contribution in [0.1, 0.15) is 5.76 Å². The lowest BCUT2D eigenvalue weighted by molar-refractivity contribution is -0.111. The Bertz CT molecular complexity index is 1080. The van der Waals surface area contributed by atoms with Gasteiger partial charge in [0, 0.05) is 21.8 Å². The highest BCUT2D eigenvalue weighted by atomic mass is 79.9. The molecule has 0 fully saturated rings. The number of amides is 1. The van der Waals surface area contributed by atoms with Crippen molar-refractivity contribution in [2.24, 2.45) is 0 Å². The molecule has 128 valence electrons. The molecule has 0 bridgehead atoms. The second kappa shape index (κ2) is 7.01. The Labute approximate surface area is 157 Å². The quantitative estimate of drug-likeness (QED) is 0.452. The molecule has 0 radical (unpaired) electrons. The summed E-state index contributed by atoms with van der Waals surface area (Å²) in [5, 5.41) is 2.80. The zero-order valence-corrected chi connectivity index (χ0v) is 15.1. The highest BCUT2D eigenvalue weighted by Crippen LogP contribution is 2.27. The van der Waals surface area contributed by atoms with Crippen molar-refractivity contribution in [1.82, 2.24) is 4.98 Å². The number of anilines is 1. The van der Waals surface area contributed by atoms with Crippen LogP contribution in [0, 0.1) is 0 Å². The fourth-order valence-corrected chi connectivity index (χ4v) is 2.71. The Kier molecular flexibility index (Phi) is 4.41. The summed E-state index contributed by atoms with van der Waals surface area (Å²) in [6.45, 7) is 0. The van der Waals surface area contributed by atoms with Gasteiger partial charge in [-0.3, -0.25) is 4.79 Å². The zero-order valence-electron chi connectivity index (χ0n) is 13.5. The van der Waals surface area contributed by atoms with Gasteiger partial charge in [-0.15, -0.1) is 0 Å². The first kappa shape index (κ1) is 16.4. The number of aromatic nitrogens is 1. The highest BCUT2D eigenvalue weighted by molar-refractivity contribution is 9.10. The number of fused-ring (bicyclic) bond motifs is 1. The summed E-state index contributed by atoms with van der Waals surface area (Å²) in [4.78, 5) is 16.5. The van der Waals surface area contributed by atoms with Crippen molar-refractivity contribution in [3.63, 3.8) is 0 Å². The van der Waals surface area contributed by atoms with Gasteiger partial charge >= 0.3 is 0 Å². The van der Waals surface area contributed by atoms with E-state index in [1.165, 1.54) is 6.08 Å². The topological polar surface area (TPSA) is 68.3 Å². The SMILES string of the molecule is O=C(C=Cc1ccco1)Nc1ccc2oc(-c3ccc(Br)cc3)nc2c1. The molecule has 0 aliphatic rings. The van der Waals surface area contributed by atoms with Crippen LogP contribution < -0.4 is 5.32 Å². The van der Waals surface area contributed by atoms with E-state index >= 15 is 0 Å². The van der Waals surface area contributed by atoms with Crippen LogP contribution in [0.4, 0.5) is 5.69 Å². The van der Waals surface area contributed by atoms with Crippen molar-refractivity contribution in [3.05, 3.63) is 77.2 Å². The van der Waals surface area contributed by atoms with Gasteiger partial charge in [0.15, 0.2) is 5.58 Å². The molecule has 2 aromatic heterocycles. The third kappa shape index (κ3) is 3.60. The third-order valence-electron chi connectivity index (χ3n) is 3.69.